The number of aliphatic hydroxyl groups is 1. The number of nitrogens with zero attached hydrogens (tertiary/aromatic N) is 1. The van der Waals surface area contributed by atoms with Crippen molar-refractivity contribution in [2.75, 3.05) is 31.6 Å². The molecule has 0 aliphatic carbocycles. The van der Waals surface area contributed by atoms with Gasteiger partial charge in [-0.3, -0.25) is 9.69 Å². The number of para-hydroxylation sites is 1. The van der Waals surface area contributed by atoms with Crippen LogP contribution in [-0.2, 0) is 4.79 Å². The van der Waals surface area contributed by atoms with Crippen molar-refractivity contribution < 1.29 is 27.5 Å². The van der Waals surface area contributed by atoms with Crippen LogP contribution in [0.2, 0.25) is 0 Å². The minimum atomic E-state index is -2.68. The van der Waals surface area contributed by atoms with Gasteiger partial charge in [0, 0.05) is 6.54 Å². The Morgan fingerprint density at radius 2 is 1.90 bits per heavy atom. The van der Waals surface area contributed by atoms with E-state index in [1.807, 2.05) is 5.32 Å². The highest BCUT2D eigenvalue weighted by molar-refractivity contribution is 5.92. The van der Waals surface area contributed by atoms with E-state index < -0.39 is 49.4 Å². The first-order valence-corrected chi connectivity index (χ1v) is 5.79. The fraction of sp³-hybridized carbons (Fsp3) is 0.417. The van der Waals surface area contributed by atoms with Gasteiger partial charge in [-0.25, -0.2) is 17.6 Å². The molecule has 0 fully saturated rings. The van der Waals surface area contributed by atoms with Gasteiger partial charge >= 0.3 is 0 Å². The second kappa shape index (κ2) is 7.81. The summed E-state index contributed by atoms with van der Waals surface area (Å²) in [4.78, 5) is 12.6. The zero-order valence-electron chi connectivity index (χ0n) is 10.5. The van der Waals surface area contributed by atoms with Crippen LogP contribution in [0.25, 0.3) is 0 Å². The van der Waals surface area contributed by atoms with Gasteiger partial charge in [-0.15, -0.1) is 0 Å². The zero-order valence-corrected chi connectivity index (χ0v) is 10.5. The first-order valence-electron chi connectivity index (χ1n) is 5.79. The lowest BCUT2D eigenvalue weighted by Crippen LogP contribution is -2.38. The maximum Gasteiger partial charge on any atom is 0.251 e. The molecule has 2 N–H and O–H groups in total. The fourth-order valence-corrected chi connectivity index (χ4v) is 1.57. The van der Waals surface area contributed by atoms with Crippen molar-refractivity contribution in [1.82, 2.24) is 4.90 Å². The molecule has 0 radical (unpaired) electrons. The topological polar surface area (TPSA) is 52.6 Å². The highest BCUT2D eigenvalue weighted by Crippen LogP contribution is 2.17. The molecule has 0 aromatic heterocycles. The highest BCUT2D eigenvalue weighted by Gasteiger charge is 2.17. The van der Waals surface area contributed by atoms with Gasteiger partial charge in [0.1, 0.15) is 17.3 Å². The number of rotatable bonds is 7. The lowest BCUT2D eigenvalue weighted by molar-refractivity contribution is -0.117. The van der Waals surface area contributed by atoms with Gasteiger partial charge in [0.25, 0.3) is 6.43 Å². The molecule has 112 valence electrons. The average Bonchev–Trinajstić information content (AvgIpc) is 2.33. The van der Waals surface area contributed by atoms with Crippen LogP contribution in [0.1, 0.15) is 0 Å². The van der Waals surface area contributed by atoms with E-state index in [0.29, 0.717) is 0 Å². The van der Waals surface area contributed by atoms with E-state index in [4.69, 9.17) is 5.11 Å². The number of anilines is 1. The van der Waals surface area contributed by atoms with E-state index in [-0.39, 0.29) is 6.54 Å². The van der Waals surface area contributed by atoms with E-state index >= 15 is 0 Å². The van der Waals surface area contributed by atoms with Gasteiger partial charge in [0.15, 0.2) is 0 Å². The largest absolute Gasteiger partial charge is 0.395 e. The standard InChI is InChI=1S/C12H14F4N2O2/c13-8-2-1-3-9(14)12(8)17-11(20)7-18(4-5-19)6-10(15)16/h1-3,10,19H,4-7H2,(H,17,20). The van der Waals surface area contributed by atoms with E-state index in [2.05, 4.69) is 0 Å². The molecule has 1 rings (SSSR count). The van der Waals surface area contributed by atoms with E-state index in [0.717, 1.165) is 23.1 Å². The number of hydrogen-bond acceptors (Lipinski definition) is 3. The molecule has 20 heavy (non-hydrogen) atoms. The molecular weight excluding hydrogens is 280 g/mol. The van der Waals surface area contributed by atoms with Crippen molar-refractivity contribution in [1.29, 1.82) is 0 Å². The van der Waals surface area contributed by atoms with Crippen LogP contribution in [0, 0.1) is 11.6 Å². The number of benzene rings is 1. The third kappa shape index (κ3) is 5.14. The molecule has 0 heterocycles. The Morgan fingerprint density at radius 3 is 2.40 bits per heavy atom. The van der Waals surface area contributed by atoms with Crippen LogP contribution in [0.3, 0.4) is 0 Å². The third-order valence-electron chi connectivity index (χ3n) is 2.41. The Hall–Kier alpha value is -1.67. The first kappa shape index (κ1) is 16.4. The Kier molecular flexibility index (Phi) is 6.40. The van der Waals surface area contributed by atoms with Crippen LogP contribution in [0.4, 0.5) is 23.2 Å². The predicted molar refractivity (Wildman–Crippen MR) is 64.5 cm³/mol. The molecule has 4 nitrogen and oxygen atoms in total. The molecule has 0 saturated heterocycles. The summed E-state index contributed by atoms with van der Waals surface area (Å²) in [5, 5.41) is 10.7. The van der Waals surface area contributed by atoms with Crippen molar-refractivity contribution in [2.24, 2.45) is 0 Å². The van der Waals surface area contributed by atoms with Gasteiger partial charge in [0.2, 0.25) is 5.91 Å². The summed E-state index contributed by atoms with van der Waals surface area (Å²) in [7, 11) is 0. The second-order valence-electron chi connectivity index (χ2n) is 3.99. The normalized spacial score (nSPS) is 11.2. The maximum atomic E-state index is 13.3. The SMILES string of the molecule is O=C(CN(CCO)CC(F)F)Nc1c(F)cccc1F. The Morgan fingerprint density at radius 1 is 1.30 bits per heavy atom. The van der Waals surface area contributed by atoms with Gasteiger partial charge in [-0.05, 0) is 12.1 Å². The van der Waals surface area contributed by atoms with Gasteiger partial charge < -0.3 is 10.4 Å². The summed E-state index contributed by atoms with van der Waals surface area (Å²) in [5.41, 5.74) is -0.626. The summed E-state index contributed by atoms with van der Waals surface area (Å²) in [6, 6.07) is 3.06. The average molecular weight is 294 g/mol. The van der Waals surface area contributed by atoms with Gasteiger partial charge in [-0.2, -0.15) is 0 Å². The van der Waals surface area contributed by atoms with Gasteiger partial charge in [0.05, 0.1) is 19.7 Å². The predicted octanol–water partition coefficient (Wildman–Crippen LogP) is 1.46. The summed E-state index contributed by atoms with van der Waals surface area (Å²) < 4.78 is 51.0. The Bertz CT molecular complexity index is 437. The number of amides is 1. The molecule has 0 bridgehead atoms. The van der Waals surface area contributed by atoms with Crippen molar-refractivity contribution in [3.05, 3.63) is 29.8 Å². The zero-order chi connectivity index (χ0) is 15.1. The van der Waals surface area contributed by atoms with E-state index in [1.54, 1.807) is 0 Å². The van der Waals surface area contributed by atoms with Crippen LogP contribution < -0.4 is 5.32 Å². The number of aliphatic hydroxyl groups excluding tert-OH is 1. The highest BCUT2D eigenvalue weighted by atomic mass is 19.3. The molecule has 0 aliphatic rings. The molecule has 0 atom stereocenters. The molecule has 1 aromatic rings. The van der Waals surface area contributed by atoms with Crippen molar-refractivity contribution in [3.8, 4) is 0 Å². The minimum absolute atomic E-state index is 0.141. The summed E-state index contributed by atoms with van der Waals surface area (Å²) in [6.45, 7) is -1.77. The van der Waals surface area contributed by atoms with Crippen LogP contribution >= 0.6 is 0 Å². The molecular formula is C12H14F4N2O2. The number of halogens is 4. The summed E-state index contributed by atoms with van der Waals surface area (Å²) >= 11 is 0. The van der Waals surface area contributed by atoms with Gasteiger partial charge in [-0.1, -0.05) is 6.07 Å². The fourth-order valence-electron chi connectivity index (χ4n) is 1.57. The van der Waals surface area contributed by atoms with E-state index in [9.17, 15) is 22.4 Å². The molecule has 0 spiro atoms. The number of nitrogens with one attached hydrogen (secondary N) is 1. The van der Waals surface area contributed by atoms with Crippen LogP contribution in [-0.4, -0.2) is 48.6 Å². The second-order valence-corrected chi connectivity index (χ2v) is 3.99. The van der Waals surface area contributed by atoms with Crippen LogP contribution in [0.5, 0.6) is 0 Å². The summed E-state index contributed by atoms with van der Waals surface area (Å²) in [5.74, 6) is -2.76. The number of carbonyl (C=O) groups is 1. The summed E-state index contributed by atoms with van der Waals surface area (Å²) in [6.07, 6.45) is -2.68. The maximum absolute atomic E-state index is 13.3. The molecule has 0 unspecified atom stereocenters. The van der Waals surface area contributed by atoms with Crippen LogP contribution in [0.15, 0.2) is 18.2 Å². The number of alkyl halides is 2. The molecule has 0 saturated carbocycles. The molecule has 0 aliphatic heterocycles. The van der Waals surface area contributed by atoms with Crippen molar-refractivity contribution >= 4 is 11.6 Å². The first-order chi connectivity index (χ1) is 9.43. The van der Waals surface area contributed by atoms with Crippen molar-refractivity contribution in [3.63, 3.8) is 0 Å². The molecule has 1 aromatic carbocycles. The lowest BCUT2D eigenvalue weighted by Gasteiger charge is -2.20. The monoisotopic (exact) mass is 294 g/mol. The molecule has 1 amide bonds. The Balaban J connectivity index is 2.65. The lowest BCUT2D eigenvalue weighted by atomic mass is 10.3. The minimum Gasteiger partial charge on any atom is -0.395 e. The van der Waals surface area contributed by atoms with E-state index in [1.165, 1.54) is 0 Å². The number of hydrogen-bond donors (Lipinski definition) is 2. The third-order valence-corrected chi connectivity index (χ3v) is 2.41. The molecule has 8 heteroatoms. The Labute approximate surface area is 113 Å². The van der Waals surface area contributed by atoms with Crippen molar-refractivity contribution in [2.45, 2.75) is 6.43 Å². The number of carbonyl (C=O) groups excluding carboxylic acids is 1. The smallest absolute Gasteiger partial charge is 0.251 e. The quantitative estimate of drug-likeness (QED) is 0.749.